The second-order valence-corrected chi connectivity index (χ2v) is 6.11. The van der Waals surface area contributed by atoms with Crippen LogP contribution in [0.4, 0.5) is 5.69 Å². The lowest BCUT2D eigenvalue weighted by molar-refractivity contribution is 0.0302. The highest BCUT2D eigenvalue weighted by atomic mass is 79.9. The Balaban J connectivity index is 1.77. The second-order valence-electron chi connectivity index (χ2n) is 5.55. The van der Waals surface area contributed by atoms with E-state index in [1.807, 2.05) is 0 Å². The zero-order valence-corrected chi connectivity index (χ0v) is 12.3. The number of rotatable bonds is 3. The minimum Gasteiger partial charge on any atom is -0.381 e. The average molecular weight is 310 g/mol. The minimum absolute atomic E-state index is 0.399. The molecule has 18 heavy (non-hydrogen) atoms. The summed E-state index contributed by atoms with van der Waals surface area (Å²) in [5.74, 6) is 0. The highest BCUT2D eigenvalue weighted by Gasteiger charge is 2.35. The smallest absolute Gasteiger partial charge is 0.0472 e. The molecule has 1 saturated heterocycles. The zero-order chi connectivity index (χ0) is 12.4. The van der Waals surface area contributed by atoms with Gasteiger partial charge in [-0.05, 0) is 30.9 Å². The van der Waals surface area contributed by atoms with Crippen molar-refractivity contribution in [1.29, 1.82) is 0 Å². The summed E-state index contributed by atoms with van der Waals surface area (Å²) in [7, 11) is 0. The molecule has 98 valence electrons. The first kappa shape index (κ1) is 12.5. The lowest BCUT2D eigenvalue weighted by atomic mass is 9.82. The van der Waals surface area contributed by atoms with Crippen LogP contribution in [0.3, 0.4) is 0 Å². The zero-order valence-electron chi connectivity index (χ0n) is 10.7. The quantitative estimate of drug-likeness (QED) is 0.795. The number of alkyl halides is 1. The fourth-order valence-electron chi connectivity index (χ4n) is 3.11. The third kappa shape index (κ3) is 2.30. The van der Waals surface area contributed by atoms with Gasteiger partial charge in [0.2, 0.25) is 0 Å². The van der Waals surface area contributed by atoms with Crippen molar-refractivity contribution in [3.05, 3.63) is 29.8 Å². The molecular formula is C15H20BrNO. The van der Waals surface area contributed by atoms with E-state index in [1.165, 1.54) is 43.6 Å². The molecule has 3 heteroatoms. The maximum Gasteiger partial charge on any atom is 0.0472 e. The van der Waals surface area contributed by atoms with E-state index >= 15 is 0 Å². The summed E-state index contributed by atoms with van der Waals surface area (Å²) in [4.78, 5) is 2.57. The van der Waals surface area contributed by atoms with Gasteiger partial charge >= 0.3 is 0 Å². The van der Waals surface area contributed by atoms with Gasteiger partial charge in [0.25, 0.3) is 0 Å². The van der Waals surface area contributed by atoms with Gasteiger partial charge in [0.15, 0.2) is 0 Å². The fraction of sp³-hybridized carbons (Fsp3) is 0.600. The summed E-state index contributed by atoms with van der Waals surface area (Å²) < 4.78 is 5.52. The average Bonchev–Trinajstić information content (AvgIpc) is 2.83. The van der Waals surface area contributed by atoms with Crippen molar-refractivity contribution in [2.75, 3.05) is 36.5 Å². The molecule has 0 N–H and O–H groups in total. The standard InChI is InChI=1S/C15H20BrNO/c16-11-15(6-9-18-10-7-15)12-17-8-5-13-3-1-2-4-14(13)17/h1-4H,5-12H2. The number of benzene rings is 1. The largest absolute Gasteiger partial charge is 0.381 e. The molecule has 0 saturated carbocycles. The molecule has 0 spiro atoms. The molecule has 0 unspecified atom stereocenters. The monoisotopic (exact) mass is 309 g/mol. The molecule has 2 nitrogen and oxygen atoms in total. The third-order valence-electron chi connectivity index (χ3n) is 4.35. The topological polar surface area (TPSA) is 12.5 Å². The lowest BCUT2D eigenvalue weighted by Gasteiger charge is -2.39. The van der Waals surface area contributed by atoms with Gasteiger partial charge in [-0.2, -0.15) is 0 Å². The van der Waals surface area contributed by atoms with Crippen LogP contribution in [0.2, 0.25) is 0 Å². The number of ether oxygens (including phenoxy) is 1. The first-order valence-corrected chi connectivity index (χ1v) is 7.92. The Bertz CT molecular complexity index is 415. The maximum absolute atomic E-state index is 5.52. The Labute approximate surface area is 117 Å². The third-order valence-corrected chi connectivity index (χ3v) is 5.54. The predicted molar refractivity (Wildman–Crippen MR) is 78.6 cm³/mol. The van der Waals surface area contributed by atoms with E-state index < -0.39 is 0 Å². The molecule has 0 aliphatic carbocycles. The van der Waals surface area contributed by atoms with Crippen LogP contribution >= 0.6 is 15.9 Å². The van der Waals surface area contributed by atoms with Gasteiger partial charge in [0.05, 0.1) is 0 Å². The number of nitrogens with zero attached hydrogens (tertiary/aromatic N) is 1. The van der Waals surface area contributed by atoms with Gasteiger partial charge in [-0.25, -0.2) is 0 Å². The number of hydrogen-bond donors (Lipinski definition) is 0. The molecular weight excluding hydrogens is 290 g/mol. The summed E-state index contributed by atoms with van der Waals surface area (Å²) in [6.45, 7) is 4.18. The summed E-state index contributed by atoms with van der Waals surface area (Å²) in [5.41, 5.74) is 3.36. The van der Waals surface area contributed by atoms with Crippen LogP contribution in [0.1, 0.15) is 18.4 Å². The molecule has 2 aliphatic rings. The molecule has 0 amide bonds. The van der Waals surface area contributed by atoms with E-state index in [0.29, 0.717) is 5.41 Å². The van der Waals surface area contributed by atoms with Crippen molar-refractivity contribution in [2.45, 2.75) is 19.3 Å². The SMILES string of the molecule is BrCC1(CN2CCc3ccccc32)CCOCC1. The van der Waals surface area contributed by atoms with Gasteiger partial charge in [-0.3, -0.25) is 0 Å². The molecule has 2 aliphatic heterocycles. The van der Waals surface area contributed by atoms with Crippen LogP contribution < -0.4 is 4.90 Å². The van der Waals surface area contributed by atoms with E-state index in [-0.39, 0.29) is 0 Å². The number of halogens is 1. The van der Waals surface area contributed by atoms with Crippen molar-refractivity contribution >= 4 is 21.6 Å². The molecule has 0 bridgehead atoms. The molecule has 1 fully saturated rings. The Morgan fingerprint density at radius 1 is 1.22 bits per heavy atom. The lowest BCUT2D eigenvalue weighted by Crippen LogP contribution is -2.42. The van der Waals surface area contributed by atoms with Crippen LogP contribution in [-0.4, -0.2) is 31.6 Å². The second kappa shape index (κ2) is 5.22. The number of hydrogen-bond acceptors (Lipinski definition) is 2. The van der Waals surface area contributed by atoms with Gasteiger partial charge < -0.3 is 9.64 Å². The Morgan fingerprint density at radius 3 is 2.78 bits per heavy atom. The minimum atomic E-state index is 0.399. The molecule has 1 aromatic rings. The maximum atomic E-state index is 5.52. The van der Waals surface area contributed by atoms with Crippen LogP contribution in [0, 0.1) is 5.41 Å². The van der Waals surface area contributed by atoms with E-state index in [2.05, 4.69) is 45.1 Å². The van der Waals surface area contributed by atoms with Crippen molar-refractivity contribution in [3.8, 4) is 0 Å². The summed E-state index contributed by atoms with van der Waals surface area (Å²) >= 11 is 3.73. The van der Waals surface area contributed by atoms with Crippen molar-refractivity contribution in [1.82, 2.24) is 0 Å². The van der Waals surface area contributed by atoms with E-state index in [1.54, 1.807) is 0 Å². The molecule has 1 aromatic carbocycles. The van der Waals surface area contributed by atoms with Crippen LogP contribution in [-0.2, 0) is 11.2 Å². The molecule has 0 radical (unpaired) electrons. The van der Waals surface area contributed by atoms with Crippen molar-refractivity contribution < 1.29 is 4.74 Å². The molecule has 0 aromatic heterocycles. The van der Waals surface area contributed by atoms with Crippen molar-refractivity contribution in [3.63, 3.8) is 0 Å². The van der Waals surface area contributed by atoms with Gasteiger partial charge in [-0.15, -0.1) is 0 Å². The molecule has 2 heterocycles. The normalized spacial score (nSPS) is 21.9. The molecule has 0 atom stereocenters. The number of para-hydroxylation sites is 1. The number of fused-ring (bicyclic) bond motifs is 1. The molecule has 3 rings (SSSR count). The van der Waals surface area contributed by atoms with E-state index in [0.717, 1.165) is 18.5 Å². The van der Waals surface area contributed by atoms with Gasteiger partial charge in [-0.1, -0.05) is 34.1 Å². The highest BCUT2D eigenvalue weighted by molar-refractivity contribution is 9.09. The van der Waals surface area contributed by atoms with Gasteiger partial charge in [0, 0.05) is 42.7 Å². The Morgan fingerprint density at radius 2 is 2.00 bits per heavy atom. The number of anilines is 1. The summed E-state index contributed by atoms with van der Waals surface area (Å²) in [6.07, 6.45) is 3.55. The highest BCUT2D eigenvalue weighted by Crippen LogP contribution is 2.37. The summed E-state index contributed by atoms with van der Waals surface area (Å²) in [5, 5.41) is 1.09. The Hall–Kier alpha value is -0.540. The first-order valence-electron chi connectivity index (χ1n) is 6.80. The van der Waals surface area contributed by atoms with E-state index in [9.17, 15) is 0 Å². The predicted octanol–water partition coefficient (Wildman–Crippen LogP) is 3.24. The first-order chi connectivity index (χ1) is 8.83. The van der Waals surface area contributed by atoms with Crippen molar-refractivity contribution in [2.24, 2.45) is 5.41 Å². The van der Waals surface area contributed by atoms with Gasteiger partial charge in [0.1, 0.15) is 0 Å². The van der Waals surface area contributed by atoms with Crippen LogP contribution in [0.25, 0.3) is 0 Å². The van der Waals surface area contributed by atoms with E-state index in [4.69, 9.17) is 4.74 Å². The Kier molecular flexibility index (Phi) is 3.62. The van der Waals surface area contributed by atoms with Crippen LogP contribution in [0.5, 0.6) is 0 Å². The summed E-state index contributed by atoms with van der Waals surface area (Å²) in [6, 6.07) is 8.84. The fourth-order valence-corrected chi connectivity index (χ4v) is 3.85. The van der Waals surface area contributed by atoms with Crippen LogP contribution in [0.15, 0.2) is 24.3 Å².